The van der Waals surface area contributed by atoms with Crippen molar-refractivity contribution in [1.29, 1.82) is 0 Å². The zero-order chi connectivity index (χ0) is 98.1. The number of carbonyl (C=O) groups is 4. The van der Waals surface area contributed by atoms with Gasteiger partial charge >= 0.3 is 19.2 Å². The quantitative estimate of drug-likeness (QED) is 0.0216. The number of fused-ring (bicyclic) bond motifs is 15. The third kappa shape index (κ3) is 21.5. The summed E-state index contributed by atoms with van der Waals surface area (Å²) in [5.41, 5.74) is 17.7. The van der Waals surface area contributed by atoms with Gasteiger partial charge in [-0.15, -0.1) is 5.10 Å². The van der Waals surface area contributed by atoms with Crippen LogP contribution >= 0.6 is 0 Å². The smallest absolute Gasteiger partial charge is 0.497 e. The Morgan fingerprint density at radius 2 is 1.08 bits per heavy atom. The van der Waals surface area contributed by atoms with Crippen LogP contribution in [0.5, 0.6) is 11.5 Å². The number of halogens is 4. The number of carbonyl (C=O) groups excluding carboxylic acids is 3. The average molecular weight is 1940 g/mol. The molecule has 0 unspecified atom stereocenters. The Hall–Kier alpha value is -11.3. The van der Waals surface area contributed by atoms with Crippen molar-refractivity contribution in [2.75, 3.05) is 102 Å². The number of sulfonamides is 2. The van der Waals surface area contributed by atoms with Gasteiger partial charge in [-0.1, -0.05) is 67.6 Å². The van der Waals surface area contributed by atoms with E-state index in [0.717, 1.165) is 231 Å². The number of aromatic nitrogens is 9. The highest BCUT2D eigenvalue weighted by molar-refractivity contribution is 7.90. The highest BCUT2D eigenvalue weighted by atomic mass is 32.2. The zero-order valence-corrected chi connectivity index (χ0v) is 82.5. The largest absolute Gasteiger partial charge is 0.673 e. The monoisotopic (exact) mass is 1940 g/mol. The SMILES string of the molecule is C1O[C@@H]2CN[C@H]1C2.CN(C)C(On1nnc2ccccc21)=[N+](C)C.CN1CCOCC1.COc1ccc2c(c1)C=C(c1c(C(=O)N3C[C@@H]4C[C@H]3CO4)c(C)nn1C1CCC1)Cn1c-2c(C2CCCCC2)c2ccc(C(=O)NS(=O)(=O)C(C)C)cc21.COc1ccc2c(c1)C=C(c1c(C(=O)O)c(C)nn1C1CCC1)Cn1c-2c(C2CCCCC2)c2ccc(C(=O)NS(=O)(=O)C(C)C)cc21.F[B-](F)(F)F. The Morgan fingerprint density at radius 1 is 0.594 bits per heavy atom. The maximum atomic E-state index is 14.7. The number of amidine groups is 1. The Labute approximate surface area is 802 Å². The van der Waals surface area contributed by atoms with Crippen molar-refractivity contribution in [1.82, 2.24) is 73.3 Å². The van der Waals surface area contributed by atoms with Crippen LogP contribution in [0, 0.1) is 13.8 Å². The molecule has 4 N–H and O–H groups in total. The topological polar surface area (TPSA) is 337 Å². The van der Waals surface area contributed by atoms with Crippen LogP contribution in [0.2, 0.25) is 0 Å². The highest BCUT2D eigenvalue weighted by Gasteiger charge is 2.46. The lowest BCUT2D eigenvalue weighted by Crippen LogP contribution is -2.42. The first-order valence-electron chi connectivity index (χ1n) is 48.2. The fraction of sp³-hybridized carbons (Fsp3) is 0.510. The molecule has 4 aliphatic carbocycles. The summed E-state index contributed by atoms with van der Waals surface area (Å²) < 4.78 is 133. The Morgan fingerprint density at radius 3 is 1.46 bits per heavy atom. The van der Waals surface area contributed by atoms with Crippen molar-refractivity contribution in [3.8, 4) is 34.0 Å². The maximum absolute atomic E-state index is 14.7. The van der Waals surface area contributed by atoms with Crippen LogP contribution < -0.4 is 29.1 Å². The number of morpholine rings is 3. The van der Waals surface area contributed by atoms with E-state index in [0.29, 0.717) is 78.9 Å². The molecule has 5 saturated heterocycles. The molecule has 21 rings (SSSR count). The first kappa shape index (κ1) is 99.7. The van der Waals surface area contributed by atoms with Gasteiger partial charge in [0.1, 0.15) is 28.1 Å². The number of aryl methyl sites for hydroxylation is 2. The number of allylic oxidation sites excluding steroid dienone is 2. The highest BCUT2D eigenvalue weighted by Crippen LogP contribution is 2.52. The van der Waals surface area contributed by atoms with E-state index in [1.807, 2.05) is 115 Å². The van der Waals surface area contributed by atoms with Gasteiger partial charge in [-0.3, -0.25) is 28.6 Å². The number of hydrogen-bond donors (Lipinski definition) is 4. The lowest BCUT2D eigenvalue weighted by molar-refractivity contribution is -0.480. The van der Waals surface area contributed by atoms with E-state index in [4.69, 9.17) is 38.7 Å². The number of carboxylic acid groups (broad SMARTS) is 1. The predicted molar refractivity (Wildman–Crippen MR) is 524 cm³/mol. The fourth-order valence-corrected chi connectivity index (χ4v) is 21.8. The molecule has 138 heavy (non-hydrogen) atoms. The van der Waals surface area contributed by atoms with Crippen LogP contribution in [0.3, 0.4) is 0 Å². The summed E-state index contributed by atoms with van der Waals surface area (Å²) in [6, 6.07) is 32.7. The third-order valence-electron chi connectivity index (χ3n) is 28.2. The summed E-state index contributed by atoms with van der Waals surface area (Å²) in [5.74, 6) is -0.283. The van der Waals surface area contributed by atoms with E-state index in [2.05, 4.69) is 81.2 Å². The molecule has 3 amide bonds. The van der Waals surface area contributed by atoms with Crippen LogP contribution in [0.15, 0.2) is 97.1 Å². The number of likely N-dealkylation sites (tertiary alicyclic amines) is 1. The van der Waals surface area contributed by atoms with Gasteiger partial charge in [-0.2, -0.15) is 10.2 Å². The normalized spacial score (nSPS) is 19.7. The van der Waals surface area contributed by atoms with E-state index in [-0.39, 0.29) is 46.8 Å². The Balaban J connectivity index is 0.000000147. The molecule has 4 atom stereocenters. The van der Waals surface area contributed by atoms with Gasteiger partial charge in [0.2, 0.25) is 20.0 Å². The lowest BCUT2D eigenvalue weighted by atomic mass is 9.81. The summed E-state index contributed by atoms with van der Waals surface area (Å²) in [5, 5.41) is 32.3. The second kappa shape index (κ2) is 42.0. The molecule has 4 saturated carbocycles. The lowest BCUT2D eigenvalue weighted by Gasteiger charge is -2.30. The number of ether oxygens (including phenoxy) is 5. The van der Waals surface area contributed by atoms with E-state index in [1.54, 1.807) is 53.2 Å². The standard InChI is InChI=1S/C42H49N5O6S.C37H42N4O6S.C11H16N5O.C5H9NO.C5H11NO.BF4/c1-24(2)54(50,51)44-41(48)27-13-15-35-36(19-27)46-21-29(17-28-18-32(52-4)14-16-34(28)40(46)38(35)26-9-6-5-7-10-26)39-37(25(3)43-47(39)30-11-8-12-30)42(49)45-22-33-20-31(45)23-53-33;1-21(2)48(45,46)39-36(42)24-13-15-30-31(19-24)40-20-26(34-32(37(43)44)22(3)38-41(34)27-11-8-12-27)17-25-18-28(47-4)14-16-29(25)35(40)33(30)23-9-6-5-7-10-23;1-14(2)11(15(3)4)17-16-10-8-6-5-7-9(10)12-13-16;1-4-3-7-5(1)2-6-4;1-6-2-4-7-5-3-6;2-1(3,4)5/h13-19,24,26,30-31,33H,5-12,20-23H2,1-4H3,(H,44,48);13-19,21,23,27H,5-12,20H2,1-4H3,(H,39,42)(H,43,44);5-8H,1-4H3;4-6H,1-3H2;2-5H2,1H3;/q;;+1;;;-1/t31-,33-;;;4-,5-;;/m0..0../s1. The van der Waals surface area contributed by atoms with E-state index in [1.165, 1.54) is 49.1 Å². The van der Waals surface area contributed by atoms with Crippen molar-refractivity contribution >= 4 is 113 Å². The summed E-state index contributed by atoms with van der Waals surface area (Å²) in [7, 11) is -0.602. The number of nitrogens with one attached hydrogen (secondary N) is 3. The maximum Gasteiger partial charge on any atom is 0.673 e. The predicted octanol–water partition coefficient (Wildman–Crippen LogP) is 15.6. The van der Waals surface area contributed by atoms with Crippen LogP contribution in [0.4, 0.5) is 17.3 Å². The molecule has 12 heterocycles. The molecule has 0 radical (unpaired) electrons. The summed E-state index contributed by atoms with van der Waals surface area (Å²) in [6.07, 6.45) is 24.3. The second-order valence-electron chi connectivity index (χ2n) is 38.7. The van der Waals surface area contributed by atoms with E-state index in [9.17, 15) is 58.4 Å². The van der Waals surface area contributed by atoms with Crippen LogP contribution in [-0.4, -0.2) is 259 Å². The van der Waals surface area contributed by atoms with Gasteiger partial charge in [-0.25, -0.2) is 40.5 Å². The van der Waals surface area contributed by atoms with Crippen LogP contribution in [0.1, 0.15) is 254 Å². The first-order chi connectivity index (χ1) is 65.9. The number of rotatable bonds is 17. The molecule has 38 heteroatoms. The molecule has 5 aromatic heterocycles. The second-order valence-corrected chi connectivity index (χ2v) is 43.2. The number of benzene rings is 5. The molecule has 10 aromatic rings. The first-order valence-corrected chi connectivity index (χ1v) is 51.3. The minimum atomic E-state index is -6.00. The van der Waals surface area contributed by atoms with Gasteiger partial charge < -0.3 is 70.3 Å². The van der Waals surface area contributed by atoms with Crippen LogP contribution in [0.25, 0.3) is 78.7 Å². The van der Waals surface area contributed by atoms with Gasteiger partial charge in [0.05, 0.1) is 162 Å². The number of methoxy groups -OCH3 is 2. The van der Waals surface area contributed by atoms with Crippen molar-refractivity contribution < 1.29 is 91.5 Å². The minimum absolute atomic E-state index is 0.00527. The summed E-state index contributed by atoms with van der Waals surface area (Å²) >= 11 is 0. The molecule has 31 nitrogen and oxygen atoms in total. The molecule has 9 fully saturated rings. The number of aromatic carboxylic acids is 1. The number of amides is 3. The number of para-hydroxylation sites is 1. The van der Waals surface area contributed by atoms with Crippen LogP contribution in [-0.2, 0) is 47.3 Å². The summed E-state index contributed by atoms with van der Waals surface area (Å²) in [6.45, 7) is 17.9. The number of carboxylic acids is 1. The van der Waals surface area contributed by atoms with Crippen molar-refractivity contribution in [3.05, 3.63) is 164 Å². The summed E-state index contributed by atoms with van der Waals surface area (Å²) in [4.78, 5) is 67.8. The van der Waals surface area contributed by atoms with Crippen molar-refractivity contribution in [2.24, 2.45) is 0 Å². The number of likely N-dealkylation sites (N-methyl/N-ethyl adjacent to an activating group) is 1. The molecular formula is C100H127BF4N16O15S2. The average Bonchev–Trinajstić information content (AvgIpc) is 1.57. The minimum Gasteiger partial charge on any atom is -0.497 e. The van der Waals surface area contributed by atoms with Crippen molar-refractivity contribution in [3.63, 3.8) is 0 Å². The zero-order valence-electron chi connectivity index (χ0n) is 80.8. The Bertz CT molecular complexity index is 6540. The van der Waals surface area contributed by atoms with Gasteiger partial charge in [0, 0.05) is 76.3 Å². The molecule has 740 valence electrons. The van der Waals surface area contributed by atoms with Gasteiger partial charge in [0.15, 0.2) is 0 Å². The molecule has 4 bridgehead atoms. The molecule has 7 aliphatic heterocycles. The number of hydrogen-bond acceptors (Lipinski definition) is 20. The van der Waals surface area contributed by atoms with Crippen molar-refractivity contribution in [2.45, 2.75) is 229 Å². The molecule has 5 aromatic carbocycles. The third-order valence-corrected chi connectivity index (χ3v) is 31.6. The van der Waals surface area contributed by atoms with E-state index >= 15 is 0 Å². The van der Waals surface area contributed by atoms with Gasteiger partial charge in [-0.05, 0) is 261 Å². The fourth-order valence-electron chi connectivity index (χ4n) is 20.6. The Kier molecular flexibility index (Phi) is 30.4. The number of nitrogens with zero attached hydrogens (tertiary/aromatic N) is 13. The van der Waals surface area contributed by atoms with Gasteiger partial charge in [0.25, 0.3) is 17.7 Å². The molecular weight excluding hydrogens is 1820 g/mol. The van der Waals surface area contributed by atoms with E-state index < -0.39 is 55.6 Å². The molecule has 0 spiro atoms. The molecule has 11 aliphatic rings.